The predicted octanol–water partition coefficient (Wildman–Crippen LogP) is 3.80. The van der Waals surface area contributed by atoms with Crippen LogP contribution < -0.4 is 10.6 Å². The van der Waals surface area contributed by atoms with Crippen LogP contribution in [0.15, 0.2) is 18.5 Å². The Balaban J connectivity index is 1.58. The standard InChI is InChI=1S/C25H37N5O4S/c1-15(2)30-20-10-16(22(31)28-25(6)13-35(33,34)14-25)7-8-19(20)21(29-30)17-9-18(12-26-11-17)23(32)27-24(3,4)5/h9,11-12,15-16,33-34H,7-8,10,13-14H2,1-6H3,(H,27,32)(H,28,31). The van der Waals surface area contributed by atoms with E-state index >= 15 is 0 Å². The van der Waals surface area contributed by atoms with Gasteiger partial charge < -0.3 is 10.6 Å². The van der Waals surface area contributed by atoms with Crippen LogP contribution in [0.4, 0.5) is 0 Å². The molecule has 3 heterocycles. The fourth-order valence-electron chi connectivity index (χ4n) is 5.08. The van der Waals surface area contributed by atoms with E-state index in [4.69, 9.17) is 5.10 Å². The van der Waals surface area contributed by atoms with E-state index in [0.717, 1.165) is 22.5 Å². The molecular weight excluding hydrogens is 466 g/mol. The highest BCUT2D eigenvalue weighted by atomic mass is 32.3. The lowest BCUT2D eigenvalue weighted by atomic mass is 9.84. The van der Waals surface area contributed by atoms with Gasteiger partial charge in [0.05, 0.1) is 28.3 Å². The molecular formula is C25H37N5O4S. The first-order chi connectivity index (χ1) is 16.2. The van der Waals surface area contributed by atoms with Crippen LogP contribution in [0, 0.1) is 5.92 Å². The van der Waals surface area contributed by atoms with E-state index in [2.05, 4.69) is 29.5 Å². The van der Waals surface area contributed by atoms with Gasteiger partial charge in [-0.15, -0.1) is 0 Å². The lowest BCUT2D eigenvalue weighted by molar-refractivity contribution is -0.126. The monoisotopic (exact) mass is 503 g/mol. The van der Waals surface area contributed by atoms with Gasteiger partial charge in [-0.25, -0.2) is 0 Å². The zero-order valence-corrected chi connectivity index (χ0v) is 22.2. The molecule has 0 spiro atoms. The number of carbonyl (C=O) groups is 2. The van der Waals surface area contributed by atoms with Crippen LogP contribution in [0.1, 0.15) is 75.6 Å². The average Bonchev–Trinajstić information content (AvgIpc) is 3.10. The molecule has 1 saturated heterocycles. The van der Waals surface area contributed by atoms with Gasteiger partial charge in [-0.3, -0.25) is 28.4 Å². The fourth-order valence-corrected chi connectivity index (χ4v) is 7.18. The summed E-state index contributed by atoms with van der Waals surface area (Å²) in [7, 11) is -2.54. The number of amides is 2. The zero-order valence-electron chi connectivity index (χ0n) is 21.4. The van der Waals surface area contributed by atoms with Gasteiger partial charge in [0.1, 0.15) is 0 Å². The van der Waals surface area contributed by atoms with Gasteiger partial charge in [0, 0.05) is 53.1 Å². The summed E-state index contributed by atoms with van der Waals surface area (Å²) in [4.78, 5) is 30.1. The largest absolute Gasteiger partial charge is 0.348 e. The molecule has 2 aliphatic rings. The molecule has 10 heteroatoms. The molecule has 2 amide bonds. The maximum absolute atomic E-state index is 13.1. The fraction of sp³-hybridized carbons (Fsp3) is 0.600. The first-order valence-corrected chi connectivity index (χ1v) is 14.0. The molecule has 2 aromatic heterocycles. The summed E-state index contributed by atoms with van der Waals surface area (Å²) in [5.74, 6) is -0.00496. The van der Waals surface area contributed by atoms with Crippen molar-refractivity contribution in [3.05, 3.63) is 35.3 Å². The van der Waals surface area contributed by atoms with E-state index in [-0.39, 0.29) is 40.8 Å². The Labute approximate surface area is 208 Å². The van der Waals surface area contributed by atoms with Gasteiger partial charge in [0.2, 0.25) is 5.91 Å². The highest BCUT2D eigenvalue weighted by Gasteiger charge is 2.46. The van der Waals surface area contributed by atoms with Crippen molar-refractivity contribution < 1.29 is 18.7 Å². The van der Waals surface area contributed by atoms with Crippen LogP contribution in [0.25, 0.3) is 11.3 Å². The predicted molar refractivity (Wildman–Crippen MR) is 138 cm³/mol. The number of nitrogens with one attached hydrogen (secondary N) is 2. The van der Waals surface area contributed by atoms with E-state index in [0.29, 0.717) is 24.8 Å². The molecule has 1 unspecified atom stereocenters. The molecule has 35 heavy (non-hydrogen) atoms. The maximum atomic E-state index is 13.1. The molecule has 4 N–H and O–H groups in total. The van der Waals surface area contributed by atoms with Crippen molar-refractivity contribution >= 4 is 22.4 Å². The summed E-state index contributed by atoms with van der Waals surface area (Å²) in [6.07, 6.45) is 5.23. The Morgan fingerprint density at radius 2 is 1.91 bits per heavy atom. The van der Waals surface area contributed by atoms with E-state index in [1.807, 2.05) is 38.4 Å². The number of pyridine rings is 1. The normalized spacial score (nSPS) is 21.6. The number of aromatic nitrogens is 3. The summed E-state index contributed by atoms with van der Waals surface area (Å²) >= 11 is 0. The SMILES string of the molecule is CC(C)n1nc(-c2cncc(C(=O)NC(C)(C)C)c2)c2c1CC(C(=O)NC1(C)CS(O)(O)C1)CC2. The number of nitrogens with zero attached hydrogens (tertiary/aromatic N) is 3. The third kappa shape index (κ3) is 5.54. The van der Waals surface area contributed by atoms with Gasteiger partial charge in [-0.2, -0.15) is 15.7 Å². The minimum absolute atomic E-state index is 0.0476. The minimum atomic E-state index is -2.54. The van der Waals surface area contributed by atoms with Crippen LogP contribution in [0.3, 0.4) is 0 Å². The molecule has 1 aliphatic carbocycles. The van der Waals surface area contributed by atoms with Crippen LogP contribution >= 0.6 is 10.6 Å². The molecule has 2 aromatic rings. The number of hydrogen-bond donors (Lipinski definition) is 4. The lowest BCUT2D eigenvalue weighted by Crippen LogP contribution is -2.62. The first kappa shape index (κ1) is 25.7. The van der Waals surface area contributed by atoms with Crippen LogP contribution in [-0.2, 0) is 17.6 Å². The molecule has 9 nitrogen and oxygen atoms in total. The van der Waals surface area contributed by atoms with Gasteiger partial charge in [0.25, 0.3) is 5.91 Å². The second kappa shape index (κ2) is 8.90. The van der Waals surface area contributed by atoms with Crippen LogP contribution in [-0.4, -0.2) is 58.3 Å². The molecule has 192 valence electrons. The quantitative estimate of drug-likeness (QED) is 0.491. The lowest BCUT2D eigenvalue weighted by Gasteiger charge is -2.54. The molecule has 0 saturated carbocycles. The Bertz CT molecular complexity index is 1140. The molecule has 0 radical (unpaired) electrons. The van der Waals surface area contributed by atoms with E-state index < -0.39 is 16.1 Å². The average molecular weight is 504 g/mol. The van der Waals surface area contributed by atoms with E-state index in [9.17, 15) is 18.7 Å². The van der Waals surface area contributed by atoms with Gasteiger partial charge in [-0.05, 0) is 60.5 Å². The second-order valence-electron chi connectivity index (χ2n) is 11.6. The summed E-state index contributed by atoms with van der Waals surface area (Å²) in [6, 6.07) is 1.94. The summed E-state index contributed by atoms with van der Waals surface area (Å²) < 4.78 is 21.5. The summed E-state index contributed by atoms with van der Waals surface area (Å²) in [6.45, 7) is 11.8. The summed E-state index contributed by atoms with van der Waals surface area (Å²) in [5, 5.41) is 10.9. The van der Waals surface area contributed by atoms with Gasteiger partial charge in [0.15, 0.2) is 0 Å². The van der Waals surface area contributed by atoms with Crippen molar-refractivity contribution in [3.63, 3.8) is 0 Å². The third-order valence-electron chi connectivity index (χ3n) is 6.45. The highest BCUT2D eigenvalue weighted by Crippen LogP contribution is 2.54. The molecule has 1 atom stereocenters. The Morgan fingerprint density at radius 1 is 1.23 bits per heavy atom. The van der Waals surface area contributed by atoms with Crippen LogP contribution in [0.2, 0.25) is 0 Å². The van der Waals surface area contributed by atoms with Gasteiger partial charge >= 0.3 is 0 Å². The number of fused-ring (bicyclic) bond motifs is 1. The third-order valence-corrected chi connectivity index (χ3v) is 8.65. The molecule has 0 bridgehead atoms. The van der Waals surface area contributed by atoms with Crippen molar-refractivity contribution in [3.8, 4) is 11.3 Å². The second-order valence-corrected chi connectivity index (χ2v) is 13.7. The van der Waals surface area contributed by atoms with Crippen molar-refractivity contribution in [2.45, 2.75) is 77.9 Å². The van der Waals surface area contributed by atoms with Crippen molar-refractivity contribution in [1.82, 2.24) is 25.4 Å². The molecule has 0 aromatic carbocycles. The maximum Gasteiger partial charge on any atom is 0.253 e. The molecule has 1 fully saturated rings. The first-order valence-electron chi connectivity index (χ1n) is 12.1. The van der Waals surface area contributed by atoms with E-state index in [1.54, 1.807) is 12.4 Å². The van der Waals surface area contributed by atoms with Crippen molar-refractivity contribution in [2.24, 2.45) is 5.92 Å². The van der Waals surface area contributed by atoms with Crippen molar-refractivity contribution in [1.29, 1.82) is 0 Å². The number of rotatable bonds is 5. The smallest absolute Gasteiger partial charge is 0.253 e. The number of carbonyl (C=O) groups excluding carboxylic acids is 2. The molecule has 4 rings (SSSR count). The highest BCUT2D eigenvalue weighted by molar-refractivity contribution is 8.25. The Morgan fingerprint density at radius 3 is 2.51 bits per heavy atom. The van der Waals surface area contributed by atoms with Crippen LogP contribution in [0.5, 0.6) is 0 Å². The van der Waals surface area contributed by atoms with Crippen molar-refractivity contribution in [2.75, 3.05) is 11.5 Å². The number of hydrogen-bond acceptors (Lipinski definition) is 6. The molecule has 1 aliphatic heterocycles. The minimum Gasteiger partial charge on any atom is -0.348 e. The topological polar surface area (TPSA) is 129 Å². The Hall–Kier alpha value is -2.43. The Kier molecular flexibility index (Phi) is 6.53. The van der Waals surface area contributed by atoms with Gasteiger partial charge in [-0.1, -0.05) is 0 Å². The van der Waals surface area contributed by atoms with E-state index in [1.165, 1.54) is 0 Å². The summed E-state index contributed by atoms with van der Waals surface area (Å²) in [5.41, 5.74) is 3.31. The zero-order chi connectivity index (χ0) is 25.8.